The third kappa shape index (κ3) is 4.08. The molecule has 2 atom stereocenters. The van der Waals surface area contributed by atoms with E-state index in [0.29, 0.717) is 12.0 Å². The van der Waals surface area contributed by atoms with Crippen molar-refractivity contribution in [2.24, 2.45) is 11.7 Å². The van der Waals surface area contributed by atoms with E-state index < -0.39 is 0 Å². The number of rotatable bonds is 5. The maximum atomic E-state index is 7.00. The van der Waals surface area contributed by atoms with Gasteiger partial charge >= 0.3 is 0 Å². The van der Waals surface area contributed by atoms with Crippen LogP contribution in [-0.4, -0.2) is 24.0 Å². The van der Waals surface area contributed by atoms with E-state index in [1.165, 1.54) is 44.3 Å². The summed E-state index contributed by atoms with van der Waals surface area (Å²) in [5.74, 6) is 0.602. The van der Waals surface area contributed by atoms with Gasteiger partial charge in [0.25, 0.3) is 0 Å². The molecule has 0 aromatic heterocycles. The number of hydrogen-bond acceptors (Lipinski definition) is 2. The molecule has 1 aromatic rings. The molecule has 2 nitrogen and oxygen atoms in total. The molecule has 0 saturated carbocycles. The lowest BCUT2D eigenvalue weighted by Crippen LogP contribution is -2.55. The van der Waals surface area contributed by atoms with Crippen LogP contribution in [0.2, 0.25) is 0 Å². The molecule has 1 aliphatic rings. The highest BCUT2D eigenvalue weighted by atomic mass is 15.2. The molecule has 1 fully saturated rings. The van der Waals surface area contributed by atoms with Gasteiger partial charge < -0.3 is 5.73 Å². The second kappa shape index (κ2) is 7.42. The maximum Gasteiger partial charge on any atom is 0.0567 e. The Hall–Kier alpha value is -0.860. The van der Waals surface area contributed by atoms with Crippen LogP contribution in [0.5, 0.6) is 0 Å². The molecule has 21 heavy (non-hydrogen) atoms. The molecule has 0 amide bonds. The first-order valence-corrected chi connectivity index (χ1v) is 8.62. The van der Waals surface area contributed by atoms with Gasteiger partial charge in [0.2, 0.25) is 0 Å². The SMILES string of the molecule is CC(C)CC(N)(c1ccccc1)C(C)N1CCCCCC1. The fourth-order valence-corrected chi connectivity index (χ4v) is 3.76. The second-order valence-corrected chi connectivity index (χ2v) is 7.13. The molecule has 1 aromatic carbocycles. The van der Waals surface area contributed by atoms with E-state index in [1.807, 2.05) is 0 Å². The Kier molecular flexibility index (Phi) is 5.83. The van der Waals surface area contributed by atoms with Crippen molar-refractivity contribution in [1.29, 1.82) is 0 Å². The predicted molar refractivity (Wildman–Crippen MR) is 91.3 cm³/mol. The first-order chi connectivity index (χ1) is 10.0. The van der Waals surface area contributed by atoms with Gasteiger partial charge in [0, 0.05) is 6.04 Å². The minimum atomic E-state index is -0.250. The summed E-state index contributed by atoms with van der Waals surface area (Å²) in [4.78, 5) is 2.63. The minimum Gasteiger partial charge on any atom is -0.320 e. The van der Waals surface area contributed by atoms with Crippen molar-refractivity contribution in [3.8, 4) is 0 Å². The smallest absolute Gasteiger partial charge is 0.0567 e. The lowest BCUT2D eigenvalue weighted by molar-refractivity contribution is 0.119. The molecule has 118 valence electrons. The van der Waals surface area contributed by atoms with E-state index in [-0.39, 0.29) is 5.54 Å². The minimum absolute atomic E-state index is 0.250. The molecule has 2 rings (SSSR count). The normalized spacial score (nSPS) is 21.8. The van der Waals surface area contributed by atoms with Crippen LogP contribution in [0.25, 0.3) is 0 Å². The Bertz CT molecular complexity index is 407. The van der Waals surface area contributed by atoms with Crippen LogP contribution in [0.15, 0.2) is 30.3 Å². The number of benzene rings is 1. The summed E-state index contributed by atoms with van der Waals surface area (Å²) in [6, 6.07) is 11.1. The van der Waals surface area contributed by atoms with Crippen LogP contribution in [0.3, 0.4) is 0 Å². The highest BCUT2D eigenvalue weighted by Crippen LogP contribution is 2.33. The van der Waals surface area contributed by atoms with Gasteiger partial charge in [-0.2, -0.15) is 0 Å². The lowest BCUT2D eigenvalue weighted by Gasteiger charge is -2.43. The van der Waals surface area contributed by atoms with Crippen LogP contribution in [0.1, 0.15) is 58.4 Å². The predicted octanol–water partition coefficient (Wildman–Crippen LogP) is 4.15. The van der Waals surface area contributed by atoms with Crippen LogP contribution < -0.4 is 5.73 Å². The molecule has 2 heteroatoms. The zero-order valence-corrected chi connectivity index (χ0v) is 14.0. The van der Waals surface area contributed by atoms with Crippen LogP contribution in [0, 0.1) is 5.92 Å². The third-order valence-corrected chi connectivity index (χ3v) is 4.99. The van der Waals surface area contributed by atoms with Gasteiger partial charge in [-0.3, -0.25) is 4.90 Å². The van der Waals surface area contributed by atoms with Crippen LogP contribution >= 0.6 is 0 Å². The van der Waals surface area contributed by atoms with Gasteiger partial charge in [-0.15, -0.1) is 0 Å². The van der Waals surface area contributed by atoms with Gasteiger partial charge in [-0.05, 0) is 50.8 Å². The molecular formula is C19H32N2. The average molecular weight is 288 g/mol. The van der Waals surface area contributed by atoms with E-state index >= 15 is 0 Å². The number of nitrogens with two attached hydrogens (primary N) is 1. The van der Waals surface area contributed by atoms with Crippen LogP contribution in [-0.2, 0) is 5.54 Å². The monoisotopic (exact) mass is 288 g/mol. The summed E-state index contributed by atoms with van der Waals surface area (Å²) >= 11 is 0. The molecule has 0 bridgehead atoms. The first-order valence-electron chi connectivity index (χ1n) is 8.62. The summed E-state index contributed by atoms with van der Waals surface area (Å²) in [7, 11) is 0. The van der Waals surface area contributed by atoms with Crippen molar-refractivity contribution in [1.82, 2.24) is 4.90 Å². The molecule has 1 saturated heterocycles. The zero-order chi connectivity index (χ0) is 15.3. The van der Waals surface area contributed by atoms with E-state index in [1.54, 1.807) is 0 Å². The lowest BCUT2D eigenvalue weighted by atomic mass is 9.77. The Balaban J connectivity index is 2.25. The van der Waals surface area contributed by atoms with E-state index in [9.17, 15) is 0 Å². The van der Waals surface area contributed by atoms with Crippen molar-refractivity contribution in [3.63, 3.8) is 0 Å². The topological polar surface area (TPSA) is 29.3 Å². The summed E-state index contributed by atoms with van der Waals surface area (Å²) < 4.78 is 0. The quantitative estimate of drug-likeness (QED) is 0.882. The Labute approximate surface area is 130 Å². The molecular weight excluding hydrogens is 256 g/mol. The van der Waals surface area contributed by atoms with Crippen molar-refractivity contribution in [2.75, 3.05) is 13.1 Å². The standard InChI is InChI=1S/C19H32N2/c1-16(2)15-19(20,18-11-7-6-8-12-18)17(3)21-13-9-4-5-10-14-21/h6-8,11-12,16-17H,4-5,9-10,13-15,20H2,1-3H3. The van der Waals surface area contributed by atoms with E-state index in [0.717, 1.165) is 6.42 Å². The fourth-order valence-electron chi connectivity index (χ4n) is 3.76. The van der Waals surface area contributed by atoms with Crippen molar-refractivity contribution < 1.29 is 0 Å². The van der Waals surface area contributed by atoms with Gasteiger partial charge in [0.1, 0.15) is 0 Å². The van der Waals surface area contributed by atoms with Crippen molar-refractivity contribution in [2.45, 2.75) is 64.5 Å². The highest BCUT2D eigenvalue weighted by molar-refractivity contribution is 5.26. The highest BCUT2D eigenvalue weighted by Gasteiger charge is 2.37. The molecule has 0 radical (unpaired) electrons. The fraction of sp³-hybridized carbons (Fsp3) is 0.684. The Morgan fingerprint density at radius 3 is 2.10 bits per heavy atom. The van der Waals surface area contributed by atoms with Crippen molar-refractivity contribution >= 4 is 0 Å². The average Bonchev–Trinajstić information content (AvgIpc) is 2.75. The summed E-state index contributed by atoms with van der Waals surface area (Å²) in [5.41, 5.74) is 8.04. The summed E-state index contributed by atoms with van der Waals surface area (Å²) in [6.07, 6.45) is 6.41. The molecule has 1 heterocycles. The molecule has 0 spiro atoms. The zero-order valence-electron chi connectivity index (χ0n) is 14.0. The van der Waals surface area contributed by atoms with E-state index in [2.05, 4.69) is 56.0 Å². The number of nitrogens with zero attached hydrogens (tertiary/aromatic N) is 1. The molecule has 2 N–H and O–H groups in total. The third-order valence-electron chi connectivity index (χ3n) is 4.99. The van der Waals surface area contributed by atoms with Gasteiger partial charge in [0.15, 0.2) is 0 Å². The largest absolute Gasteiger partial charge is 0.320 e. The second-order valence-electron chi connectivity index (χ2n) is 7.13. The van der Waals surface area contributed by atoms with Gasteiger partial charge in [-0.25, -0.2) is 0 Å². The van der Waals surface area contributed by atoms with E-state index in [4.69, 9.17) is 5.73 Å². The number of hydrogen-bond donors (Lipinski definition) is 1. The number of likely N-dealkylation sites (tertiary alicyclic amines) is 1. The summed E-state index contributed by atoms with van der Waals surface area (Å²) in [6.45, 7) is 9.29. The summed E-state index contributed by atoms with van der Waals surface area (Å²) in [5, 5.41) is 0. The molecule has 1 aliphatic heterocycles. The Morgan fingerprint density at radius 1 is 1.00 bits per heavy atom. The van der Waals surface area contributed by atoms with Crippen LogP contribution in [0.4, 0.5) is 0 Å². The van der Waals surface area contributed by atoms with Gasteiger partial charge in [0.05, 0.1) is 5.54 Å². The Morgan fingerprint density at radius 2 is 1.57 bits per heavy atom. The van der Waals surface area contributed by atoms with Crippen molar-refractivity contribution in [3.05, 3.63) is 35.9 Å². The molecule has 2 unspecified atom stereocenters. The molecule has 0 aliphatic carbocycles. The van der Waals surface area contributed by atoms with Gasteiger partial charge in [-0.1, -0.05) is 57.0 Å². The maximum absolute atomic E-state index is 7.00. The first kappa shape index (κ1) is 16.5.